The Labute approximate surface area is 118 Å². The van der Waals surface area contributed by atoms with E-state index in [1.165, 1.54) is 0 Å². The maximum Gasteiger partial charge on any atom is 0.225 e. The lowest BCUT2D eigenvalue weighted by Gasteiger charge is -2.30. The third-order valence-corrected chi connectivity index (χ3v) is 4.36. The van der Waals surface area contributed by atoms with Crippen LogP contribution in [0.1, 0.15) is 46.5 Å². The van der Waals surface area contributed by atoms with Crippen molar-refractivity contribution in [2.45, 2.75) is 52.5 Å². The lowest BCUT2D eigenvalue weighted by molar-refractivity contribution is -0.134. The maximum atomic E-state index is 12.2. The third-order valence-electron chi connectivity index (χ3n) is 4.36. The monoisotopic (exact) mass is 269 g/mol. The first kappa shape index (κ1) is 16.4. The fourth-order valence-electron chi connectivity index (χ4n) is 2.85. The van der Waals surface area contributed by atoms with Crippen LogP contribution in [0.2, 0.25) is 0 Å². The molecule has 112 valence electrons. The molecule has 4 heteroatoms. The normalized spacial score (nSPS) is 20.9. The minimum atomic E-state index is 0.164. The summed E-state index contributed by atoms with van der Waals surface area (Å²) in [6, 6.07) is 0.587. The first-order valence-electron chi connectivity index (χ1n) is 7.86. The quantitative estimate of drug-likeness (QED) is 0.798. The number of amides is 1. The van der Waals surface area contributed by atoms with Crippen LogP contribution in [0.15, 0.2) is 0 Å². The molecular formula is C15H31N3O. The van der Waals surface area contributed by atoms with Crippen molar-refractivity contribution in [3.05, 3.63) is 0 Å². The van der Waals surface area contributed by atoms with Gasteiger partial charge < -0.3 is 10.6 Å². The summed E-state index contributed by atoms with van der Waals surface area (Å²) in [4.78, 5) is 16.8. The highest BCUT2D eigenvalue weighted by atomic mass is 16.2. The van der Waals surface area contributed by atoms with E-state index in [1.807, 2.05) is 6.92 Å². The molecule has 1 aliphatic heterocycles. The number of rotatable bonds is 6. The minimum Gasteiger partial charge on any atom is -0.341 e. The third kappa shape index (κ3) is 4.77. The summed E-state index contributed by atoms with van der Waals surface area (Å²) in [6.45, 7) is 11.0. The molecule has 2 N–H and O–H groups in total. The van der Waals surface area contributed by atoms with Crippen LogP contribution in [-0.4, -0.2) is 54.5 Å². The van der Waals surface area contributed by atoms with Gasteiger partial charge in [-0.15, -0.1) is 0 Å². The summed E-state index contributed by atoms with van der Waals surface area (Å²) in [5, 5.41) is 0. The topological polar surface area (TPSA) is 49.6 Å². The second-order valence-corrected chi connectivity index (χ2v) is 5.66. The fraction of sp³-hybridized carbons (Fsp3) is 0.933. The van der Waals surface area contributed by atoms with Gasteiger partial charge in [-0.3, -0.25) is 9.69 Å². The van der Waals surface area contributed by atoms with Crippen molar-refractivity contribution in [1.82, 2.24) is 9.80 Å². The van der Waals surface area contributed by atoms with E-state index >= 15 is 0 Å². The highest BCUT2D eigenvalue weighted by Gasteiger charge is 2.24. The molecule has 2 atom stereocenters. The summed E-state index contributed by atoms with van der Waals surface area (Å²) < 4.78 is 0. The molecule has 1 heterocycles. The van der Waals surface area contributed by atoms with Crippen LogP contribution in [0.3, 0.4) is 0 Å². The van der Waals surface area contributed by atoms with Crippen LogP contribution >= 0.6 is 0 Å². The van der Waals surface area contributed by atoms with Gasteiger partial charge in [0.05, 0.1) is 0 Å². The van der Waals surface area contributed by atoms with Crippen LogP contribution in [0.25, 0.3) is 0 Å². The van der Waals surface area contributed by atoms with Gasteiger partial charge in [-0.2, -0.15) is 0 Å². The molecule has 0 bridgehead atoms. The van der Waals surface area contributed by atoms with Gasteiger partial charge in [-0.25, -0.2) is 0 Å². The zero-order valence-corrected chi connectivity index (χ0v) is 12.9. The van der Waals surface area contributed by atoms with Gasteiger partial charge in [0.1, 0.15) is 0 Å². The molecule has 1 amide bonds. The molecule has 0 radical (unpaired) electrons. The largest absolute Gasteiger partial charge is 0.341 e. The number of nitrogens with zero attached hydrogens (tertiary/aromatic N) is 2. The van der Waals surface area contributed by atoms with E-state index < -0.39 is 0 Å². The van der Waals surface area contributed by atoms with E-state index in [0.29, 0.717) is 11.9 Å². The van der Waals surface area contributed by atoms with Gasteiger partial charge in [0.25, 0.3) is 0 Å². The van der Waals surface area contributed by atoms with Crippen molar-refractivity contribution in [2.75, 3.05) is 32.7 Å². The van der Waals surface area contributed by atoms with E-state index in [4.69, 9.17) is 5.73 Å². The average molecular weight is 269 g/mol. The summed E-state index contributed by atoms with van der Waals surface area (Å²) in [5.74, 6) is 0.494. The standard InChI is InChI=1S/C15H31N3O/c1-4-13(3)15(19)18-10-6-9-17(11-12-18)14(5-2)7-8-16/h13-14H,4-12,16H2,1-3H3. The Morgan fingerprint density at radius 3 is 2.47 bits per heavy atom. The summed E-state index contributed by atoms with van der Waals surface area (Å²) in [5.41, 5.74) is 5.69. The van der Waals surface area contributed by atoms with Gasteiger partial charge >= 0.3 is 0 Å². The molecule has 2 unspecified atom stereocenters. The van der Waals surface area contributed by atoms with Gasteiger partial charge in [-0.1, -0.05) is 20.8 Å². The van der Waals surface area contributed by atoms with E-state index in [-0.39, 0.29) is 5.92 Å². The SMILES string of the molecule is CCC(C)C(=O)N1CCCN(C(CC)CCN)CC1. The Morgan fingerprint density at radius 1 is 1.16 bits per heavy atom. The first-order valence-corrected chi connectivity index (χ1v) is 7.86. The predicted octanol–water partition coefficient (Wildman–Crippen LogP) is 1.69. The maximum absolute atomic E-state index is 12.2. The second kappa shape index (κ2) is 8.54. The highest BCUT2D eigenvalue weighted by molar-refractivity contribution is 5.78. The number of carbonyl (C=O) groups excluding carboxylic acids is 1. The van der Waals surface area contributed by atoms with E-state index in [2.05, 4.69) is 23.6 Å². The Balaban J connectivity index is 2.53. The van der Waals surface area contributed by atoms with Crippen LogP contribution < -0.4 is 5.73 Å². The van der Waals surface area contributed by atoms with Crippen molar-refractivity contribution in [3.63, 3.8) is 0 Å². The molecule has 4 nitrogen and oxygen atoms in total. The van der Waals surface area contributed by atoms with Gasteiger partial charge in [-0.05, 0) is 32.2 Å². The number of hydrogen-bond acceptors (Lipinski definition) is 3. The van der Waals surface area contributed by atoms with Gasteiger partial charge in [0.2, 0.25) is 5.91 Å². The summed E-state index contributed by atoms with van der Waals surface area (Å²) in [6.07, 6.45) is 4.24. The summed E-state index contributed by atoms with van der Waals surface area (Å²) in [7, 11) is 0. The Hall–Kier alpha value is -0.610. The van der Waals surface area contributed by atoms with Crippen LogP contribution in [0.5, 0.6) is 0 Å². The molecule has 0 aliphatic carbocycles. The molecule has 19 heavy (non-hydrogen) atoms. The molecule has 0 aromatic rings. The van der Waals surface area contributed by atoms with E-state index in [9.17, 15) is 4.79 Å². The smallest absolute Gasteiger partial charge is 0.225 e. The molecule has 1 aliphatic rings. The molecule has 1 rings (SSSR count). The lowest BCUT2D eigenvalue weighted by atomic mass is 10.1. The second-order valence-electron chi connectivity index (χ2n) is 5.66. The molecule has 0 aromatic carbocycles. The fourth-order valence-corrected chi connectivity index (χ4v) is 2.85. The lowest BCUT2D eigenvalue weighted by Crippen LogP contribution is -2.41. The van der Waals surface area contributed by atoms with E-state index in [1.54, 1.807) is 0 Å². The van der Waals surface area contributed by atoms with Crippen LogP contribution in [0, 0.1) is 5.92 Å². The zero-order valence-electron chi connectivity index (χ0n) is 12.9. The Kier molecular flexibility index (Phi) is 7.39. The van der Waals surface area contributed by atoms with Crippen molar-refractivity contribution in [1.29, 1.82) is 0 Å². The van der Waals surface area contributed by atoms with Crippen molar-refractivity contribution in [3.8, 4) is 0 Å². The zero-order chi connectivity index (χ0) is 14.3. The van der Waals surface area contributed by atoms with Crippen molar-refractivity contribution < 1.29 is 4.79 Å². The van der Waals surface area contributed by atoms with Crippen molar-refractivity contribution >= 4 is 5.91 Å². The van der Waals surface area contributed by atoms with Crippen LogP contribution in [0.4, 0.5) is 0 Å². The molecule has 0 aromatic heterocycles. The van der Waals surface area contributed by atoms with E-state index in [0.717, 1.165) is 58.4 Å². The number of carbonyl (C=O) groups is 1. The molecule has 0 spiro atoms. The number of hydrogen-bond donors (Lipinski definition) is 1. The Morgan fingerprint density at radius 2 is 1.89 bits per heavy atom. The molecule has 1 saturated heterocycles. The molecule has 0 saturated carbocycles. The Bertz CT molecular complexity index is 270. The van der Waals surface area contributed by atoms with Gasteiger partial charge in [0, 0.05) is 38.1 Å². The number of nitrogens with two attached hydrogens (primary N) is 1. The first-order chi connectivity index (χ1) is 9.13. The average Bonchev–Trinajstić information content (AvgIpc) is 2.68. The molecule has 1 fully saturated rings. The predicted molar refractivity (Wildman–Crippen MR) is 80.0 cm³/mol. The highest BCUT2D eigenvalue weighted by Crippen LogP contribution is 2.14. The van der Waals surface area contributed by atoms with Crippen LogP contribution in [-0.2, 0) is 4.79 Å². The van der Waals surface area contributed by atoms with Gasteiger partial charge in [0.15, 0.2) is 0 Å². The summed E-state index contributed by atoms with van der Waals surface area (Å²) >= 11 is 0. The minimum absolute atomic E-state index is 0.164. The molecular weight excluding hydrogens is 238 g/mol. The van der Waals surface area contributed by atoms with Crippen molar-refractivity contribution in [2.24, 2.45) is 11.7 Å².